The van der Waals surface area contributed by atoms with Crippen molar-refractivity contribution < 1.29 is 9.21 Å². The van der Waals surface area contributed by atoms with Gasteiger partial charge in [0.2, 0.25) is 0 Å². The number of thioether (sulfide) groups is 1. The molecule has 0 saturated carbocycles. The van der Waals surface area contributed by atoms with Gasteiger partial charge in [-0.15, -0.1) is 0 Å². The monoisotopic (exact) mass is 473 g/mol. The van der Waals surface area contributed by atoms with E-state index in [2.05, 4.69) is 39.9 Å². The molecule has 5 nitrogen and oxygen atoms in total. The number of carbonyl (C=O) groups is 1. The number of amides is 1. The van der Waals surface area contributed by atoms with Gasteiger partial charge in [-0.3, -0.25) is 9.79 Å². The topological polar surface area (TPSA) is 66.6 Å². The summed E-state index contributed by atoms with van der Waals surface area (Å²) in [5, 5.41) is 9.89. The summed E-state index contributed by atoms with van der Waals surface area (Å²) < 4.78 is 5.88. The van der Waals surface area contributed by atoms with Gasteiger partial charge in [-0.2, -0.15) is 0 Å². The largest absolute Gasteiger partial charge is 0.457 e. The minimum atomic E-state index is -0.176. The van der Waals surface area contributed by atoms with Crippen LogP contribution in [0.1, 0.15) is 5.76 Å². The highest BCUT2D eigenvalue weighted by atomic mass is 35.5. The molecule has 0 unspecified atom stereocenters. The van der Waals surface area contributed by atoms with E-state index >= 15 is 0 Å². The van der Waals surface area contributed by atoms with Gasteiger partial charge < -0.3 is 15.1 Å². The number of aliphatic imine (C=N–C) groups is 1. The lowest BCUT2D eigenvalue weighted by Crippen LogP contribution is -2.20. The molecule has 1 aromatic heterocycles. The maximum atomic E-state index is 12.4. The van der Waals surface area contributed by atoms with E-state index < -0.39 is 0 Å². The van der Waals surface area contributed by atoms with Crippen LogP contribution in [0.4, 0.5) is 5.69 Å². The summed E-state index contributed by atoms with van der Waals surface area (Å²) in [6, 6.07) is 25.6. The molecule has 0 spiro atoms. The average molecular weight is 474 g/mol. The van der Waals surface area contributed by atoms with E-state index in [1.165, 1.54) is 22.5 Å². The molecule has 3 aromatic carbocycles. The predicted molar refractivity (Wildman–Crippen MR) is 138 cm³/mol. The molecule has 5 rings (SSSR count). The van der Waals surface area contributed by atoms with Crippen molar-refractivity contribution in [2.45, 2.75) is 0 Å². The minimum absolute atomic E-state index is 0.176. The molecule has 7 heteroatoms. The molecule has 1 aliphatic rings. The zero-order valence-corrected chi connectivity index (χ0v) is 19.1. The van der Waals surface area contributed by atoms with Crippen molar-refractivity contribution in [2.24, 2.45) is 4.99 Å². The summed E-state index contributed by atoms with van der Waals surface area (Å²) in [6.07, 6.45) is 1.73. The summed E-state index contributed by atoms with van der Waals surface area (Å²) >= 11 is 7.26. The van der Waals surface area contributed by atoms with Crippen LogP contribution < -0.4 is 10.6 Å². The normalized spacial score (nSPS) is 16.0. The number of rotatable bonds is 6. The van der Waals surface area contributed by atoms with Crippen molar-refractivity contribution in [2.75, 3.05) is 18.4 Å². The minimum Gasteiger partial charge on any atom is -0.457 e. The fourth-order valence-electron chi connectivity index (χ4n) is 3.56. The second kappa shape index (κ2) is 9.57. The number of furan rings is 1. The summed E-state index contributed by atoms with van der Waals surface area (Å²) in [5.41, 5.74) is 2.00. The first-order valence-corrected chi connectivity index (χ1v) is 11.7. The Morgan fingerprint density at radius 2 is 1.82 bits per heavy atom. The van der Waals surface area contributed by atoms with Gasteiger partial charge in [0.05, 0.1) is 11.4 Å². The van der Waals surface area contributed by atoms with Crippen LogP contribution in [0.25, 0.3) is 28.2 Å². The number of amidine groups is 1. The Balaban J connectivity index is 1.20. The fraction of sp³-hybridized carbons (Fsp3) is 0.0769. The first-order chi connectivity index (χ1) is 16.2. The molecule has 2 N–H and O–H groups in total. The number of hydrogen-bond donors (Lipinski definition) is 2. The number of anilines is 1. The third-order valence-corrected chi connectivity index (χ3v) is 6.35. The van der Waals surface area contributed by atoms with E-state index in [0.29, 0.717) is 33.9 Å². The standard InChI is InChI=1S/C26H20ClN3O2S/c27-19-10-8-18(9-11-19)23-13-12-20(32-23)16-24-25(31)30-26(33-24)29-15-14-28-22-7-3-5-17-4-1-2-6-21(17)22/h1-13,16,28H,14-15H2,(H,29,30,31). The Morgan fingerprint density at radius 1 is 1.00 bits per heavy atom. The first-order valence-electron chi connectivity index (χ1n) is 10.5. The molecule has 2 heterocycles. The SMILES string of the molecule is O=C1NC(=NCCNc2cccc3ccccc23)SC1=Cc1ccc(-c2ccc(Cl)cc2)o1. The lowest BCUT2D eigenvalue weighted by molar-refractivity contribution is -0.115. The average Bonchev–Trinajstić information content (AvgIpc) is 3.44. The number of nitrogens with one attached hydrogen (secondary N) is 2. The molecule has 0 bridgehead atoms. The number of benzene rings is 3. The quantitative estimate of drug-likeness (QED) is 0.250. The summed E-state index contributed by atoms with van der Waals surface area (Å²) in [4.78, 5) is 17.4. The molecule has 1 amide bonds. The van der Waals surface area contributed by atoms with Crippen molar-refractivity contribution in [3.05, 3.63) is 94.6 Å². The number of nitrogens with zero attached hydrogens (tertiary/aromatic N) is 1. The molecule has 1 saturated heterocycles. The third-order valence-electron chi connectivity index (χ3n) is 5.15. The van der Waals surface area contributed by atoms with E-state index in [9.17, 15) is 4.79 Å². The fourth-order valence-corrected chi connectivity index (χ4v) is 4.51. The molecule has 4 aromatic rings. The summed E-state index contributed by atoms with van der Waals surface area (Å²) in [5.74, 6) is 1.15. The van der Waals surface area contributed by atoms with Gasteiger partial charge in [-0.1, -0.05) is 48.0 Å². The zero-order valence-electron chi connectivity index (χ0n) is 17.5. The Kier molecular flexibility index (Phi) is 6.19. The molecular formula is C26H20ClN3O2S. The highest BCUT2D eigenvalue weighted by Gasteiger charge is 2.24. The van der Waals surface area contributed by atoms with Gasteiger partial charge >= 0.3 is 0 Å². The van der Waals surface area contributed by atoms with Crippen LogP contribution in [0.15, 0.2) is 93.2 Å². The van der Waals surface area contributed by atoms with Crippen molar-refractivity contribution in [3.63, 3.8) is 0 Å². The lowest BCUT2D eigenvalue weighted by Gasteiger charge is -2.08. The Hall–Kier alpha value is -3.48. The highest BCUT2D eigenvalue weighted by molar-refractivity contribution is 8.18. The Bertz CT molecular complexity index is 1370. The van der Waals surface area contributed by atoms with Gasteiger partial charge in [0.15, 0.2) is 5.17 Å². The zero-order chi connectivity index (χ0) is 22.6. The van der Waals surface area contributed by atoms with Crippen LogP contribution in [0.2, 0.25) is 5.02 Å². The van der Waals surface area contributed by atoms with Crippen molar-refractivity contribution >= 4 is 57.0 Å². The van der Waals surface area contributed by atoms with Crippen LogP contribution >= 0.6 is 23.4 Å². The molecule has 1 fully saturated rings. The Morgan fingerprint density at radius 3 is 2.70 bits per heavy atom. The smallest absolute Gasteiger partial charge is 0.264 e. The molecular weight excluding hydrogens is 454 g/mol. The molecule has 33 heavy (non-hydrogen) atoms. The summed E-state index contributed by atoms with van der Waals surface area (Å²) in [7, 11) is 0. The van der Waals surface area contributed by atoms with E-state index in [-0.39, 0.29) is 5.91 Å². The van der Waals surface area contributed by atoms with Crippen molar-refractivity contribution in [1.29, 1.82) is 0 Å². The van der Waals surface area contributed by atoms with Crippen LogP contribution in [0.3, 0.4) is 0 Å². The molecule has 0 radical (unpaired) electrons. The van der Waals surface area contributed by atoms with Crippen LogP contribution in [0, 0.1) is 0 Å². The highest BCUT2D eigenvalue weighted by Crippen LogP contribution is 2.29. The number of hydrogen-bond acceptors (Lipinski definition) is 5. The maximum absolute atomic E-state index is 12.4. The molecule has 164 valence electrons. The molecule has 1 aliphatic heterocycles. The predicted octanol–water partition coefficient (Wildman–Crippen LogP) is 6.43. The van der Waals surface area contributed by atoms with Crippen LogP contribution in [-0.2, 0) is 4.79 Å². The second-order valence-corrected chi connectivity index (χ2v) is 8.88. The van der Waals surface area contributed by atoms with Crippen LogP contribution in [0.5, 0.6) is 0 Å². The summed E-state index contributed by atoms with van der Waals surface area (Å²) in [6.45, 7) is 1.20. The number of halogens is 1. The Labute approximate surface area is 200 Å². The molecule has 0 atom stereocenters. The van der Waals surface area contributed by atoms with E-state index in [4.69, 9.17) is 16.0 Å². The number of fused-ring (bicyclic) bond motifs is 1. The molecule has 0 aliphatic carbocycles. The third kappa shape index (κ3) is 4.97. The number of carbonyl (C=O) groups excluding carboxylic acids is 1. The van der Waals surface area contributed by atoms with E-state index in [1.54, 1.807) is 6.08 Å². The van der Waals surface area contributed by atoms with E-state index in [1.807, 2.05) is 54.6 Å². The van der Waals surface area contributed by atoms with E-state index in [0.717, 1.165) is 17.0 Å². The van der Waals surface area contributed by atoms with Crippen molar-refractivity contribution in [3.8, 4) is 11.3 Å². The van der Waals surface area contributed by atoms with Gasteiger partial charge in [0.1, 0.15) is 11.5 Å². The maximum Gasteiger partial charge on any atom is 0.264 e. The first kappa shape index (κ1) is 21.4. The van der Waals surface area contributed by atoms with Crippen LogP contribution in [-0.4, -0.2) is 24.2 Å². The van der Waals surface area contributed by atoms with Gasteiger partial charge in [-0.25, -0.2) is 0 Å². The second-order valence-electron chi connectivity index (χ2n) is 7.41. The lowest BCUT2D eigenvalue weighted by atomic mass is 10.1. The van der Waals surface area contributed by atoms with Gasteiger partial charge in [0, 0.05) is 34.3 Å². The van der Waals surface area contributed by atoms with Gasteiger partial charge in [0.25, 0.3) is 5.91 Å². The van der Waals surface area contributed by atoms with Gasteiger partial charge in [-0.05, 0) is 59.6 Å². The van der Waals surface area contributed by atoms with Crippen molar-refractivity contribution in [1.82, 2.24) is 5.32 Å².